The number of carbonyl (C=O) groups is 1. The Morgan fingerprint density at radius 3 is 2.71 bits per heavy atom. The molecule has 1 aromatic heterocycles. The first kappa shape index (κ1) is 18.7. The molecule has 0 saturated heterocycles. The zero-order valence-corrected chi connectivity index (χ0v) is 16.6. The van der Waals surface area contributed by atoms with E-state index in [1.807, 2.05) is 13.0 Å². The second kappa shape index (κ2) is 6.73. The summed E-state index contributed by atoms with van der Waals surface area (Å²) in [5, 5.41) is 17.4. The summed E-state index contributed by atoms with van der Waals surface area (Å²) in [6, 6.07) is 5.39. The molecule has 0 atom stereocenters. The van der Waals surface area contributed by atoms with Gasteiger partial charge in [-0.3, -0.25) is 4.79 Å². The Bertz CT molecular complexity index is 995. The highest BCUT2D eigenvalue weighted by atomic mass is 19.1. The summed E-state index contributed by atoms with van der Waals surface area (Å²) in [7, 11) is 0. The molecule has 0 unspecified atom stereocenters. The summed E-state index contributed by atoms with van der Waals surface area (Å²) in [6.07, 6.45) is 5.04. The number of rotatable bonds is 4. The lowest BCUT2D eigenvalue weighted by Crippen LogP contribution is -2.28. The monoisotopic (exact) mass is 380 g/mol. The lowest BCUT2D eigenvalue weighted by atomic mass is 9.75. The number of halogens is 1. The molecule has 1 heterocycles. The molecule has 2 aromatic rings. The number of hydrogen-bond acceptors (Lipinski definition) is 4. The first-order chi connectivity index (χ1) is 13.3. The maximum absolute atomic E-state index is 14.7. The van der Waals surface area contributed by atoms with Crippen LogP contribution in [0.2, 0.25) is 0 Å². The Balaban J connectivity index is 1.86. The summed E-state index contributed by atoms with van der Waals surface area (Å²) in [4.78, 5) is 12.8. The minimum atomic E-state index is -0.564. The van der Waals surface area contributed by atoms with E-state index in [2.05, 4.69) is 24.3 Å². The van der Waals surface area contributed by atoms with Crippen molar-refractivity contribution in [2.75, 3.05) is 5.32 Å². The molecular weight excluding hydrogens is 355 g/mol. The molecule has 2 aliphatic rings. The van der Waals surface area contributed by atoms with Crippen molar-refractivity contribution in [2.45, 2.75) is 65.3 Å². The number of Topliss-reactive ketones (excluding diaryl/α,β-unsaturated/α-hetero) is 1. The number of anilines is 1. The van der Waals surface area contributed by atoms with Crippen LogP contribution in [-0.4, -0.2) is 21.6 Å². The van der Waals surface area contributed by atoms with E-state index in [-0.39, 0.29) is 22.8 Å². The van der Waals surface area contributed by atoms with Gasteiger partial charge in [0.2, 0.25) is 0 Å². The zero-order chi connectivity index (χ0) is 20.1. The molecule has 1 fully saturated rings. The van der Waals surface area contributed by atoms with Crippen molar-refractivity contribution in [3.8, 4) is 11.8 Å². The van der Waals surface area contributed by atoms with Crippen molar-refractivity contribution < 1.29 is 9.18 Å². The summed E-state index contributed by atoms with van der Waals surface area (Å²) in [6.45, 7) is 6.11. The van der Waals surface area contributed by atoms with Gasteiger partial charge in [-0.25, -0.2) is 9.07 Å². The maximum Gasteiger partial charge on any atom is 0.167 e. The van der Waals surface area contributed by atoms with Gasteiger partial charge in [0.25, 0.3) is 0 Å². The van der Waals surface area contributed by atoms with E-state index in [1.54, 1.807) is 10.7 Å². The molecule has 2 aliphatic carbocycles. The summed E-state index contributed by atoms with van der Waals surface area (Å²) < 4.78 is 16.5. The average molecular weight is 380 g/mol. The van der Waals surface area contributed by atoms with E-state index in [0.29, 0.717) is 36.2 Å². The fourth-order valence-corrected chi connectivity index (χ4v) is 4.20. The highest BCUT2D eigenvalue weighted by Crippen LogP contribution is 2.38. The molecule has 4 rings (SSSR count). The van der Waals surface area contributed by atoms with Crippen LogP contribution >= 0.6 is 0 Å². The maximum atomic E-state index is 14.7. The molecule has 28 heavy (non-hydrogen) atoms. The fraction of sp³-hybridized carbons (Fsp3) is 0.500. The van der Waals surface area contributed by atoms with E-state index in [9.17, 15) is 14.4 Å². The molecule has 0 aliphatic heterocycles. The summed E-state index contributed by atoms with van der Waals surface area (Å²) >= 11 is 0. The van der Waals surface area contributed by atoms with Crippen molar-refractivity contribution in [3.05, 3.63) is 40.5 Å². The number of ketones is 1. The van der Waals surface area contributed by atoms with Crippen LogP contribution in [0.5, 0.6) is 0 Å². The van der Waals surface area contributed by atoms with Gasteiger partial charge < -0.3 is 5.32 Å². The Hall–Kier alpha value is -2.68. The van der Waals surface area contributed by atoms with Gasteiger partial charge in [-0.15, -0.1) is 0 Å². The van der Waals surface area contributed by atoms with Crippen molar-refractivity contribution in [1.82, 2.24) is 9.78 Å². The van der Waals surface area contributed by atoms with E-state index >= 15 is 0 Å². The predicted octanol–water partition coefficient (Wildman–Crippen LogP) is 4.56. The Morgan fingerprint density at radius 2 is 2.11 bits per heavy atom. The zero-order valence-electron chi connectivity index (χ0n) is 16.6. The van der Waals surface area contributed by atoms with Crippen molar-refractivity contribution in [1.29, 1.82) is 5.26 Å². The highest BCUT2D eigenvalue weighted by molar-refractivity contribution is 6.00. The fourth-order valence-electron chi connectivity index (χ4n) is 4.20. The van der Waals surface area contributed by atoms with Crippen LogP contribution in [0.25, 0.3) is 5.69 Å². The first-order valence-electron chi connectivity index (χ1n) is 9.97. The van der Waals surface area contributed by atoms with Gasteiger partial charge >= 0.3 is 0 Å². The summed E-state index contributed by atoms with van der Waals surface area (Å²) in [5.41, 5.74) is 3.23. The van der Waals surface area contributed by atoms with Gasteiger partial charge in [0.15, 0.2) is 5.78 Å². The minimum Gasteiger partial charge on any atom is -0.381 e. The van der Waals surface area contributed by atoms with Crippen molar-refractivity contribution >= 4 is 11.5 Å². The summed E-state index contributed by atoms with van der Waals surface area (Å²) in [5.74, 6) is -0.457. The number of benzene rings is 1. The molecule has 146 valence electrons. The highest BCUT2D eigenvalue weighted by Gasteiger charge is 2.36. The van der Waals surface area contributed by atoms with Gasteiger partial charge in [-0.1, -0.05) is 20.8 Å². The number of carbonyl (C=O) groups excluding carboxylic acids is 1. The normalized spacial score (nSPS) is 18.3. The van der Waals surface area contributed by atoms with Gasteiger partial charge in [0.1, 0.15) is 17.4 Å². The number of aromatic nitrogens is 2. The van der Waals surface area contributed by atoms with Crippen LogP contribution in [0.15, 0.2) is 12.1 Å². The molecule has 1 saturated carbocycles. The van der Waals surface area contributed by atoms with Crippen LogP contribution in [-0.2, 0) is 12.8 Å². The topological polar surface area (TPSA) is 70.7 Å². The first-order valence-corrected chi connectivity index (χ1v) is 9.97. The largest absolute Gasteiger partial charge is 0.381 e. The van der Waals surface area contributed by atoms with Crippen LogP contribution in [0, 0.1) is 22.6 Å². The van der Waals surface area contributed by atoms with Gasteiger partial charge in [0, 0.05) is 18.5 Å². The van der Waals surface area contributed by atoms with Crippen LogP contribution in [0.3, 0.4) is 0 Å². The molecule has 0 bridgehead atoms. The van der Waals surface area contributed by atoms with Crippen molar-refractivity contribution in [3.63, 3.8) is 0 Å². The van der Waals surface area contributed by atoms with Crippen LogP contribution in [0.1, 0.15) is 73.8 Å². The number of fused-ring (bicyclic) bond motifs is 1. The van der Waals surface area contributed by atoms with E-state index in [4.69, 9.17) is 0 Å². The predicted molar refractivity (Wildman–Crippen MR) is 105 cm³/mol. The second-order valence-corrected chi connectivity index (χ2v) is 8.71. The van der Waals surface area contributed by atoms with E-state index < -0.39 is 5.82 Å². The van der Waals surface area contributed by atoms with Gasteiger partial charge in [0.05, 0.1) is 28.3 Å². The average Bonchev–Trinajstić information content (AvgIpc) is 2.95. The van der Waals surface area contributed by atoms with Gasteiger partial charge in [-0.05, 0) is 43.6 Å². The van der Waals surface area contributed by atoms with Gasteiger partial charge in [-0.2, -0.15) is 10.4 Å². The standard InChI is InChI=1S/C22H25FN4O/c1-4-17-21-19(10-22(2,3)11-20(21)28)27(26-17)14-8-16(23)15(12-24)18(9-14)25-13-6-5-7-13/h8-9,13,25H,4-7,10-11H2,1-3H3. The van der Waals surface area contributed by atoms with E-state index in [1.165, 1.54) is 6.07 Å². The smallest absolute Gasteiger partial charge is 0.167 e. The molecule has 0 radical (unpaired) electrons. The molecule has 0 amide bonds. The number of hydrogen-bond donors (Lipinski definition) is 1. The van der Waals surface area contributed by atoms with Crippen LogP contribution in [0.4, 0.5) is 10.1 Å². The van der Waals surface area contributed by atoms with Crippen molar-refractivity contribution in [2.24, 2.45) is 5.41 Å². The number of nitrogens with zero attached hydrogens (tertiary/aromatic N) is 3. The third-order valence-corrected chi connectivity index (χ3v) is 5.85. The second-order valence-electron chi connectivity index (χ2n) is 8.71. The molecular formula is C22H25FN4O. The van der Waals surface area contributed by atoms with E-state index in [0.717, 1.165) is 30.7 Å². The minimum absolute atomic E-state index is 0.0313. The quantitative estimate of drug-likeness (QED) is 0.844. The SMILES string of the molecule is CCc1nn(-c2cc(F)c(C#N)c(NC3CCC3)c2)c2c1C(=O)CC(C)(C)C2. The lowest BCUT2D eigenvalue weighted by molar-refractivity contribution is 0.0910. The Labute approximate surface area is 164 Å². The third-order valence-electron chi connectivity index (χ3n) is 5.85. The molecule has 6 heteroatoms. The molecule has 5 nitrogen and oxygen atoms in total. The Kier molecular flexibility index (Phi) is 4.49. The number of nitrogens with one attached hydrogen (secondary N) is 1. The molecule has 0 spiro atoms. The molecule has 1 aromatic carbocycles. The molecule has 1 N–H and O–H groups in total. The third kappa shape index (κ3) is 3.09. The number of nitriles is 1. The number of aryl methyl sites for hydroxylation is 1. The van der Waals surface area contributed by atoms with Crippen LogP contribution < -0.4 is 5.32 Å². The Morgan fingerprint density at radius 1 is 1.36 bits per heavy atom. The lowest BCUT2D eigenvalue weighted by Gasteiger charge is -2.30.